The lowest BCUT2D eigenvalue weighted by molar-refractivity contribution is -0.158. The molecule has 5 nitrogen and oxygen atoms in total. The van der Waals surface area contributed by atoms with Crippen LogP contribution in [0.25, 0.3) is 0 Å². The van der Waals surface area contributed by atoms with E-state index in [1.165, 1.54) is 6.42 Å². The highest BCUT2D eigenvalue weighted by molar-refractivity contribution is 7.91. The van der Waals surface area contributed by atoms with Crippen molar-refractivity contribution in [2.75, 3.05) is 11.5 Å². The minimum Gasteiger partial charge on any atom is -0.481 e. The summed E-state index contributed by atoms with van der Waals surface area (Å²) in [4.78, 5) is 11.6. The average molecular weight is 290 g/mol. The number of carbonyl (C=O) groups is 1. The van der Waals surface area contributed by atoms with Gasteiger partial charge in [-0.05, 0) is 18.8 Å². The molecule has 1 saturated heterocycles. The maximum atomic E-state index is 11.6. The highest BCUT2D eigenvalue weighted by Gasteiger charge is 2.51. The van der Waals surface area contributed by atoms with Crippen LogP contribution in [0.2, 0.25) is 0 Å². The Hall–Kier alpha value is -0.620. The summed E-state index contributed by atoms with van der Waals surface area (Å²) in [5, 5.41) is 19.6. The van der Waals surface area contributed by atoms with Gasteiger partial charge in [0.15, 0.2) is 9.84 Å². The van der Waals surface area contributed by atoms with Crippen molar-refractivity contribution >= 4 is 15.8 Å². The van der Waals surface area contributed by atoms with Gasteiger partial charge >= 0.3 is 5.97 Å². The summed E-state index contributed by atoms with van der Waals surface area (Å²) in [5.41, 5.74) is -1.26. The first-order chi connectivity index (χ1) is 8.86. The van der Waals surface area contributed by atoms with Gasteiger partial charge < -0.3 is 10.2 Å². The number of carboxylic acids is 1. The Morgan fingerprint density at radius 3 is 2.37 bits per heavy atom. The first-order valence-corrected chi connectivity index (χ1v) is 8.80. The van der Waals surface area contributed by atoms with Crippen LogP contribution in [0.4, 0.5) is 0 Å². The van der Waals surface area contributed by atoms with Gasteiger partial charge in [-0.25, -0.2) is 8.42 Å². The molecule has 19 heavy (non-hydrogen) atoms. The van der Waals surface area contributed by atoms with E-state index < -0.39 is 33.1 Å². The number of hydrogen-bond acceptors (Lipinski definition) is 4. The summed E-state index contributed by atoms with van der Waals surface area (Å²) in [5.74, 6) is -1.27. The van der Waals surface area contributed by atoms with Crippen LogP contribution in [0, 0.1) is 11.3 Å². The summed E-state index contributed by atoms with van der Waals surface area (Å²) < 4.78 is 23.0. The molecule has 2 N–H and O–H groups in total. The van der Waals surface area contributed by atoms with Crippen molar-refractivity contribution in [2.45, 2.75) is 51.0 Å². The molecule has 2 atom stereocenters. The Bertz CT molecular complexity index is 438. The SMILES string of the molecule is O=C(O)C1(CC2CCCCC2)CCS(=O)(=O)CC1O. The van der Waals surface area contributed by atoms with Crippen molar-refractivity contribution in [3.05, 3.63) is 0 Å². The summed E-state index contributed by atoms with van der Waals surface area (Å²) in [6, 6.07) is 0. The first-order valence-electron chi connectivity index (χ1n) is 6.98. The zero-order valence-electron chi connectivity index (χ0n) is 11.0. The minimum absolute atomic E-state index is 0.0440. The summed E-state index contributed by atoms with van der Waals surface area (Å²) in [6.45, 7) is 0. The van der Waals surface area contributed by atoms with Crippen molar-refractivity contribution in [3.63, 3.8) is 0 Å². The van der Waals surface area contributed by atoms with E-state index >= 15 is 0 Å². The Morgan fingerprint density at radius 1 is 1.21 bits per heavy atom. The number of aliphatic hydroxyl groups is 1. The molecule has 0 aromatic carbocycles. The number of sulfone groups is 1. The van der Waals surface area contributed by atoms with Crippen LogP contribution in [0.5, 0.6) is 0 Å². The van der Waals surface area contributed by atoms with Crippen LogP contribution in [0.15, 0.2) is 0 Å². The lowest BCUT2D eigenvalue weighted by atomic mass is 9.70. The molecule has 1 aliphatic carbocycles. The summed E-state index contributed by atoms with van der Waals surface area (Å²) >= 11 is 0. The largest absolute Gasteiger partial charge is 0.481 e. The fraction of sp³-hybridized carbons (Fsp3) is 0.923. The van der Waals surface area contributed by atoms with Gasteiger partial charge in [0.2, 0.25) is 0 Å². The third-order valence-electron chi connectivity index (χ3n) is 4.71. The van der Waals surface area contributed by atoms with Gasteiger partial charge in [-0.15, -0.1) is 0 Å². The van der Waals surface area contributed by atoms with E-state index in [-0.39, 0.29) is 12.2 Å². The van der Waals surface area contributed by atoms with E-state index in [4.69, 9.17) is 0 Å². The van der Waals surface area contributed by atoms with E-state index in [9.17, 15) is 23.4 Å². The molecule has 2 aliphatic rings. The number of carboxylic acid groups (broad SMARTS) is 1. The van der Waals surface area contributed by atoms with Crippen molar-refractivity contribution in [2.24, 2.45) is 11.3 Å². The second-order valence-electron chi connectivity index (χ2n) is 6.05. The molecular formula is C13H22O5S. The molecule has 2 unspecified atom stereocenters. The third kappa shape index (κ3) is 3.11. The summed E-state index contributed by atoms with van der Waals surface area (Å²) in [6.07, 6.45) is 4.58. The zero-order valence-corrected chi connectivity index (χ0v) is 11.9. The molecule has 1 aliphatic heterocycles. The summed E-state index contributed by atoms with van der Waals surface area (Å²) in [7, 11) is -3.29. The highest BCUT2D eigenvalue weighted by atomic mass is 32.2. The second-order valence-corrected chi connectivity index (χ2v) is 8.28. The highest BCUT2D eigenvalue weighted by Crippen LogP contribution is 2.42. The quantitative estimate of drug-likeness (QED) is 0.815. The van der Waals surface area contributed by atoms with E-state index in [0.29, 0.717) is 12.3 Å². The van der Waals surface area contributed by atoms with Gasteiger partial charge in [-0.1, -0.05) is 32.1 Å². The van der Waals surface area contributed by atoms with E-state index in [2.05, 4.69) is 0 Å². The molecule has 1 heterocycles. The molecule has 0 spiro atoms. The molecule has 0 aromatic heterocycles. The first kappa shape index (κ1) is 14.8. The number of aliphatic hydroxyl groups excluding tert-OH is 1. The molecule has 0 aromatic rings. The van der Waals surface area contributed by atoms with E-state index in [1.54, 1.807) is 0 Å². The van der Waals surface area contributed by atoms with Gasteiger partial charge in [0, 0.05) is 0 Å². The minimum atomic E-state index is -3.29. The van der Waals surface area contributed by atoms with Crippen LogP contribution in [0.1, 0.15) is 44.9 Å². The smallest absolute Gasteiger partial charge is 0.312 e. The predicted octanol–water partition coefficient (Wildman–Crippen LogP) is 1.21. The third-order valence-corrected chi connectivity index (χ3v) is 6.36. The second kappa shape index (κ2) is 5.40. The van der Waals surface area contributed by atoms with Crippen molar-refractivity contribution < 1.29 is 23.4 Å². The Balaban J connectivity index is 2.16. The van der Waals surface area contributed by atoms with E-state index in [0.717, 1.165) is 25.7 Å². The maximum absolute atomic E-state index is 11.6. The molecule has 0 bridgehead atoms. The van der Waals surface area contributed by atoms with Crippen LogP contribution in [-0.4, -0.2) is 42.2 Å². The van der Waals surface area contributed by atoms with Gasteiger partial charge in [0.05, 0.1) is 23.0 Å². The van der Waals surface area contributed by atoms with Crippen LogP contribution < -0.4 is 0 Å². The molecule has 6 heteroatoms. The molecule has 0 radical (unpaired) electrons. The fourth-order valence-electron chi connectivity index (χ4n) is 3.47. The van der Waals surface area contributed by atoms with Crippen LogP contribution in [-0.2, 0) is 14.6 Å². The van der Waals surface area contributed by atoms with Crippen LogP contribution >= 0.6 is 0 Å². The number of rotatable bonds is 3. The van der Waals surface area contributed by atoms with Gasteiger partial charge in [-0.2, -0.15) is 0 Å². The molecule has 110 valence electrons. The standard InChI is InChI=1S/C13H22O5S/c14-11-9-19(17,18)7-6-13(11,12(15)16)8-10-4-2-1-3-5-10/h10-11,14H,1-9H2,(H,15,16). The molecule has 2 rings (SSSR count). The maximum Gasteiger partial charge on any atom is 0.312 e. The topological polar surface area (TPSA) is 91.7 Å². The number of aliphatic carboxylic acids is 1. The average Bonchev–Trinajstić information content (AvgIpc) is 2.33. The van der Waals surface area contributed by atoms with Crippen molar-refractivity contribution in [1.29, 1.82) is 0 Å². The molecular weight excluding hydrogens is 268 g/mol. The lowest BCUT2D eigenvalue weighted by Gasteiger charge is -2.40. The predicted molar refractivity (Wildman–Crippen MR) is 70.5 cm³/mol. The molecule has 2 fully saturated rings. The Kier molecular flexibility index (Phi) is 4.20. The normalized spacial score (nSPS) is 35.9. The lowest BCUT2D eigenvalue weighted by Crippen LogP contribution is -2.52. The van der Waals surface area contributed by atoms with Gasteiger partial charge in [0.1, 0.15) is 0 Å². The van der Waals surface area contributed by atoms with Gasteiger partial charge in [0.25, 0.3) is 0 Å². The molecule has 1 saturated carbocycles. The number of hydrogen-bond donors (Lipinski definition) is 2. The molecule has 0 amide bonds. The van der Waals surface area contributed by atoms with Gasteiger partial charge in [-0.3, -0.25) is 4.79 Å². The van der Waals surface area contributed by atoms with E-state index in [1.807, 2.05) is 0 Å². The zero-order chi connectivity index (χ0) is 14.1. The Labute approximate surface area is 113 Å². The monoisotopic (exact) mass is 290 g/mol. The van der Waals surface area contributed by atoms with Crippen molar-refractivity contribution in [3.8, 4) is 0 Å². The Morgan fingerprint density at radius 2 is 1.84 bits per heavy atom. The van der Waals surface area contributed by atoms with Crippen LogP contribution in [0.3, 0.4) is 0 Å². The van der Waals surface area contributed by atoms with Crippen molar-refractivity contribution in [1.82, 2.24) is 0 Å². The fourth-order valence-corrected chi connectivity index (χ4v) is 5.11.